The predicted octanol–water partition coefficient (Wildman–Crippen LogP) is 4.53. The molecule has 7 heteroatoms. The molecule has 1 aromatic heterocycles. The summed E-state index contributed by atoms with van der Waals surface area (Å²) in [5.41, 5.74) is 2.75. The molecule has 0 aliphatic carbocycles. The standard InChI is InChI=1S/C25H28BrN3O3/c1-3-32-20-10-8-18(9-11-20)25(31)28-14-12-19(13-15-28)27-23(30)16-29-17(2)24(26)21-6-4-5-7-22(21)29/h4-11,19H,3,12-16H2,1-2H3,(H,27,30). The number of piperidine rings is 1. The summed E-state index contributed by atoms with van der Waals surface area (Å²) in [5.74, 6) is 0.790. The number of para-hydroxylation sites is 1. The first kappa shape index (κ1) is 22.4. The van der Waals surface area contributed by atoms with Crippen molar-refractivity contribution in [3.63, 3.8) is 0 Å². The van der Waals surface area contributed by atoms with Crippen molar-refractivity contribution in [2.45, 2.75) is 39.3 Å². The third-order valence-corrected chi connectivity index (χ3v) is 7.02. The Morgan fingerprint density at radius 3 is 2.47 bits per heavy atom. The van der Waals surface area contributed by atoms with Gasteiger partial charge in [0.2, 0.25) is 5.91 Å². The summed E-state index contributed by atoms with van der Waals surface area (Å²) in [7, 11) is 0. The van der Waals surface area contributed by atoms with Crippen molar-refractivity contribution in [1.29, 1.82) is 0 Å². The highest BCUT2D eigenvalue weighted by molar-refractivity contribution is 9.10. The molecule has 6 nitrogen and oxygen atoms in total. The Labute approximate surface area is 196 Å². The molecule has 0 atom stereocenters. The van der Waals surface area contributed by atoms with Crippen molar-refractivity contribution >= 4 is 38.6 Å². The fraction of sp³-hybridized carbons (Fsp3) is 0.360. The molecular formula is C25H28BrN3O3. The molecule has 3 aromatic rings. The lowest BCUT2D eigenvalue weighted by Gasteiger charge is -2.32. The van der Waals surface area contributed by atoms with E-state index in [1.165, 1.54) is 0 Å². The molecule has 1 aliphatic rings. The molecule has 1 saturated heterocycles. The molecule has 2 aromatic carbocycles. The van der Waals surface area contributed by atoms with Gasteiger partial charge in [0, 0.05) is 45.8 Å². The molecule has 0 saturated carbocycles. The van der Waals surface area contributed by atoms with Crippen LogP contribution in [0.5, 0.6) is 5.75 Å². The molecule has 0 spiro atoms. The van der Waals surface area contributed by atoms with Gasteiger partial charge in [-0.2, -0.15) is 0 Å². The Morgan fingerprint density at radius 1 is 1.09 bits per heavy atom. The Hall–Kier alpha value is -2.80. The second-order valence-corrected chi connectivity index (χ2v) is 8.89. The fourth-order valence-electron chi connectivity index (χ4n) is 4.28. The topological polar surface area (TPSA) is 63.6 Å². The minimum atomic E-state index is -0.00218. The zero-order valence-electron chi connectivity index (χ0n) is 18.4. The van der Waals surface area contributed by atoms with E-state index < -0.39 is 0 Å². The van der Waals surface area contributed by atoms with Crippen molar-refractivity contribution in [3.05, 3.63) is 64.3 Å². The Balaban J connectivity index is 1.32. The molecule has 0 radical (unpaired) electrons. The lowest BCUT2D eigenvalue weighted by Crippen LogP contribution is -2.47. The van der Waals surface area contributed by atoms with Crippen molar-refractivity contribution in [2.75, 3.05) is 19.7 Å². The quantitative estimate of drug-likeness (QED) is 0.543. The zero-order valence-corrected chi connectivity index (χ0v) is 20.0. The van der Waals surface area contributed by atoms with Crippen LogP contribution in [0, 0.1) is 6.92 Å². The summed E-state index contributed by atoms with van der Waals surface area (Å²) in [4.78, 5) is 27.4. The molecular weight excluding hydrogens is 470 g/mol. The van der Waals surface area contributed by atoms with E-state index in [0.717, 1.165) is 39.7 Å². The predicted molar refractivity (Wildman–Crippen MR) is 129 cm³/mol. The summed E-state index contributed by atoms with van der Waals surface area (Å²) in [6, 6.07) is 15.4. The van der Waals surface area contributed by atoms with E-state index in [9.17, 15) is 9.59 Å². The number of aromatic nitrogens is 1. The van der Waals surface area contributed by atoms with Gasteiger partial charge in [0.1, 0.15) is 12.3 Å². The van der Waals surface area contributed by atoms with E-state index in [4.69, 9.17) is 4.74 Å². The molecule has 2 heterocycles. The van der Waals surface area contributed by atoms with E-state index in [1.807, 2.05) is 65.8 Å². The summed E-state index contributed by atoms with van der Waals surface area (Å²) < 4.78 is 8.51. The maximum atomic E-state index is 12.8. The molecule has 1 N–H and O–H groups in total. The molecule has 1 fully saturated rings. The van der Waals surface area contributed by atoms with Crippen LogP contribution in [-0.2, 0) is 11.3 Å². The van der Waals surface area contributed by atoms with Gasteiger partial charge in [-0.05, 0) is 73.0 Å². The lowest BCUT2D eigenvalue weighted by atomic mass is 10.0. The number of ether oxygens (including phenoxy) is 1. The smallest absolute Gasteiger partial charge is 0.253 e. The van der Waals surface area contributed by atoms with Crippen molar-refractivity contribution in [1.82, 2.24) is 14.8 Å². The summed E-state index contributed by atoms with van der Waals surface area (Å²) in [5, 5.41) is 4.27. The average Bonchev–Trinajstić information content (AvgIpc) is 3.05. The fourth-order valence-corrected chi connectivity index (χ4v) is 4.83. The number of hydrogen-bond donors (Lipinski definition) is 1. The van der Waals surface area contributed by atoms with Gasteiger partial charge >= 0.3 is 0 Å². The van der Waals surface area contributed by atoms with Crippen molar-refractivity contribution < 1.29 is 14.3 Å². The van der Waals surface area contributed by atoms with Crippen molar-refractivity contribution in [3.8, 4) is 5.75 Å². The van der Waals surface area contributed by atoms with Crippen molar-refractivity contribution in [2.24, 2.45) is 0 Å². The van der Waals surface area contributed by atoms with Crippen LogP contribution in [-0.4, -0.2) is 47.0 Å². The first-order valence-corrected chi connectivity index (χ1v) is 11.8. The highest BCUT2D eigenvalue weighted by Gasteiger charge is 2.25. The summed E-state index contributed by atoms with van der Waals surface area (Å²) in [6.07, 6.45) is 1.51. The number of nitrogens with one attached hydrogen (secondary N) is 1. The number of carbonyl (C=O) groups is 2. The van der Waals surface area contributed by atoms with E-state index in [1.54, 1.807) is 0 Å². The van der Waals surface area contributed by atoms with Gasteiger partial charge < -0.3 is 19.5 Å². The number of hydrogen-bond acceptors (Lipinski definition) is 3. The Bertz CT molecular complexity index is 1120. The van der Waals surface area contributed by atoms with Gasteiger partial charge in [-0.15, -0.1) is 0 Å². The molecule has 32 heavy (non-hydrogen) atoms. The summed E-state index contributed by atoms with van der Waals surface area (Å²) in [6.45, 7) is 6.10. The second kappa shape index (κ2) is 9.77. The number of halogens is 1. The van der Waals surface area contributed by atoms with Gasteiger partial charge in [0.15, 0.2) is 0 Å². The van der Waals surface area contributed by atoms with Gasteiger partial charge in [-0.3, -0.25) is 9.59 Å². The number of amides is 2. The number of nitrogens with zero attached hydrogens (tertiary/aromatic N) is 2. The van der Waals surface area contributed by atoms with Gasteiger partial charge in [0.05, 0.1) is 6.61 Å². The number of benzene rings is 2. The lowest BCUT2D eigenvalue weighted by molar-refractivity contribution is -0.122. The SMILES string of the molecule is CCOc1ccc(C(=O)N2CCC(NC(=O)Cn3c(C)c(Br)c4ccccc43)CC2)cc1. The number of rotatable bonds is 6. The van der Waals surface area contributed by atoms with E-state index in [0.29, 0.717) is 25.3 Å². The molecule has 2 amide bonds. The van der Waals surface area contributed by atoms with Gasteiger partial charge in [-0.25, -0.2) is 0 Å². The number of carbonyl (C=O) groups excluding carboxylic acids is 2. The van der Waals surface area contributed by atoms with Crippen LogP contribution >= 0.6 is 15.9 Å². The zero-order chi connectivity index (χ0) is 22.7. The minimum absolute atomic E-state index is 0.00218. The first-order valence-electron chi connectivity index (χ1n) is 11.0. The highest BCUT2D eigenvalue weighted by atomic mass is 79.9. The third-order valence-electron chi connectivity index (χ3n) is 6.02. The van der Waals surface area contributed by atoms with Gasteiger partial charge in [-0.1, -0.05) is 18.2 Å². The van der Waals surface area contributed by atoms with Crippen LogP contribution in [0.3, 0.4) is 0 Å². The second-order valence-electron chi connectivity index (χ2n) is 8.09. The normalized spacial score (nSPS) is 14.5. The maximum absolute atomic E-state index is 12.8. The van der Waals surface area contributed by atoms with Crippen LogP contribution in [0.25, 0.3) is 10.9 Å². The maximum Gasteiger partial charge on any atom is 0.253 e. The molecule has 0 unspecified atom stereocenters. The minimum Gasteiger partial charge on any atom is -0.494 e. The third kappa shape index (κ3) is 4.67. The summed E-state index contributed by atoms with van der Waals surface area (Å²) >= 11 is 3.64. The monoisotopic (exact) mass is 497 g/mol. The molecule has 4 rings (SSSR count). The Morgan fingerprint density at radius 2 is 1.78 bits per heavy atom. The van der Waals surface area contributed by atoms with E-state index in [-0.39, 0.29) is 24.4 Å². The Kier molecular flexibility index (Phi) is 6.84. The average molecular weight is 498 g/mol. The highest BCUT2D eigenvalue weighted by Crippen LogP contribution is 2.30. The van der Waals surface area contributed by atoms with E-state index in [2.05, 4.69) is 27.3 Å². The largest absolute Gasteiger partial charge is 0.494 e. The molecule has 168 valence electrons. The van der Waals surface area contributed by atoms with Crippen LogP contribution in [0.2, 0.25) is 0 Å². The van der Waals surface area contributed by atoms with Crippen LogP contribution in [0.1, 0.15) is 35.8 Å². The van der Waals surface area contributed by atoms with E-state index >= 15 is 0 Å². The first-order chi connectivity index (χ1) is 15.5. The molecule has 0 bridgehead atoms. The van der Waals surface area contributed by atoms with Crippen LogP contribution in [0.15, 0.2) is 53.0 Å². The van der Waals surface area contributed by atoms with Gasteiger partial charge in [0.25, 0.3) is 5.91 Å². The van der Waals surface area contributed by atoms with Crippen LogP contribution in [0.4, 0.5) is 0 Å². The van der Waals surface area contributed by atoms with Crippen LogP contribution < -0.4 is 10.1 Å². The molecule has 1 aliphatic heterocycles. The number of fused-ring (bicyclic) bond motifs is 1. The number of likely N-dealkylation sites (tertiary alicyclic amines) is 1.